The van der Waals surface area contributed by atoms with Crippen molar-refractivity contribution in [1.29, 1.82) is 0 Å². The van der Waals surface area contributed by atoms with Gasteiger partial charge in [0.1, 0.15) is 0 Å². The van der Waals surface area contributed by atoms with Crippen molar-refractivity contribution in [2.24, 2.45) is 5.92 Å². The molecule has 1 rings (SSSR count). The molecule has 1 atom stereocenters. The number of carbonyl (C=O) groups excluding carboxylic acids is 1. The smallest absolute Gasteiger partial charge is 0.254 e. The highest BCUT2D eigenvalue weighted by molar-refractivity contribution is 5.94. The van der Waals surface area contributed by atoms with Crippen LogP contribution in [0.3, 0.4) is 0 Å². The van der Waals surface area contributed by atoms with Gasteiger partial charge >= 0.3 is 0 Å². The summed E-state index contributed by atoms with van der Waals surface area (Å²) < 4.78 is 31.8. The second-order valence-electron chi connectivity index (χ2n) is 4.58. The highest BCUT2D eigenvalue weighted by atomic mass is 19.2. The van der Waals surface area contributed by atoms with Crippen LogP contribution in [0.25, 0.3) is 0 Å². The van der Waals surface area contributed by atoms with Gasteiger partial charge in [0.25, 0.3) is 5.91 Å². The minimum atomic E-state index is -1.13. The van der Waals surface area contributed by atoms with E-state index < -0.39 is 17.5 Å². The molecular weight excluding hydrogens is 252 g/mol. The van der Waals surface area contributed by atoms with E-state index in [9.17, 15) is 13.6 Å². The van der Waals surface area contributed by atoms with Gasteiger partial charge in [-0.3, -0.25) is 4.79 Å². The maximum atomic E-state index is 13.5. The summed E-state index contributed by atoms with van der Waals surface area (Å²) in [4.78, 5) is 11.9. The fourth-order valence-electron chi connectivity index (χ4n) is 1.57. The lowest BCUT2D eigenvalue weighted by Crippen LogP contribution is -2.42. The third kappa shape index (κ3) is 4.28. The summed E-state index contributed by atoms with van der Waals surface area (Å²) in [5.41, 5.74) is -0.290. The Morgan fingerprint density at radius 1 is 1.37 bits per heavy atom. The van der Waals surface area contributed by atoms with Crippen molar-refractivity contribution in [2.75, 3.05) is 13.2 Å². The van der Waals surface area contributed by atoms with Crippen LogP contribution < -0.4 is 5.32 Å². The molecule has 0 aliphatic rings. The zero-order chi connectivity index (χ0) is 14.4. The van der Waals surface area contributed by atoms with Crippen LogP contribution in [0, 0.1) is 17.6 Å². The molecule has 106 valence electrons. The average Bonchev–Trinajstić information content (AvgIpc) is 2.37. The quantitative estimate of drug-likeness (QED) is 0.864. The average molecular weight is 271 g/mol. The van der Waals surface area contributed by atoms with E-state index in [0.29, 0.717) is 13.2 Å². The van der Waals surface area contributed by atoms with E-state index in [0.717, 1.165) is 6.07 Å². The zero-order valence-electron chi connectivity index (χ0n) is 11.4. The minimum Gasteiger partial charge on any atom is -0.380 e. The summed E-state index contributed by atoms with van der Waals surface area (Å²) in [5, 5.41) is 2.66. The van der Waals surface area contributed by atoms with Crippen LogP contribution in [-0.4, -0.2) is 25.2 Å². The Kier molecular flexibility index (Phi) is 5.89. The second kappa shape index (κ2) is 7.19. The van der Waals surface area contributed by atoms with E-state index in [1.165, 1.54) is 12.1 Å². The van der Waals surface area contributed by atoms with Gasteiger partial charge in [0.2, 0.25) is 0 Å². The lowest BCUT2D eigenvalue weighted by atomic mass is 10.0. The summed E-state index contributed by atoms with van der Waals surface area (Å²) in [6.45, 7) is 6.58. The molecule has 1 aromatic rings. The van der Waals surface area contributed by atoms with Crippen molar-refractivity contribution >= 4 is 5.91 Å². The van der Waals surface area contributed by atoms with Gasteiger partial charge in [-0.2, -0.15) is 0 Å². The lowest BCUT2D eigenvalue weighted by molar-refractivity contribution is 0.0802. The fraction of sp³-hybridized carbons (Fsp3) is 0.500. The number of halogens is 2. The second-order valence-corrected chi connectivity index (χ2v) is 4.58. The van der Waals surface area contributed by atoms with Crippen LogP contribution in [0.2, 0.25) is 0 Å². The molecule has 0 bridgehead atoms. The Hall–Kier alpha value is -1.49. The molecule has 3 nitrogen and oxygen atoms in total. The number of nitrogens with one attached hydrogen (secondary N) is 1. The molecular formula is C14H19F2NO2. The Labute approximate surface area is 112 Å². The van der Waals surface area contributed by atoms with Gasteiger partial charge in [0, 0.05) is 6.61 Å². The van der Waals surface area contributed by atoms with E-state index in [-0.39, 0.29) is 17.5 Å². The van der Waals surface area contributed by atoms with Gasteiger partial charge in [0.05, 0.1) is 18.2 Å². The third-order valence-electron chi connectivity index (χ3n) is 2.82. The first-order valence-electron chi connectivity index (χ1n) is 6.30. The molecule has 0 saturated carbocycles. The SMILES string of the molecule is CCOCC(NC(=O)c1cccc(F)c1F)C(C)C. The molecule has 0 radical (unpaired) electrons. The summed E-state index contributed by atoms with van der Waals surface area (Å²) in [7, 11) is 0. The molecule has 0 aromatic heterocycles. The molecule has 0 fully saturated rings. The van der Waals surface area contributed by atoms with E-state index >= 15 is 0 Å². The number of benzene rings is 1. The molecule has 0 heterocycles. The Bertz CT molecular complexity index is 435. The van der Waals surface area contributed by atoms with Crippen LogP contribution in [0.4, 0.5) is 8.78 Å². The molecule has 0 aliphatic heterocycles. The van der Waals surface area contributed by atoms with E-state index in [1.54, 1.807) is 0 Å². The first kappa shape index (κ1) is 15.6. The zero-order valence-corrected chi connectivity index (χ0v) is 11.4. The molecule has 0 saturated heterocycles. The number of hydrogen-bond acceptors (Lipinski definition) is 2. The Morgan fingerprint density at radius 2 is 2.05 bits per heavy atom. The predicted octanol–water partition coefficient (Wildman–Crippen LogP) is 2.76. The molecule has 1 amide bonds. The topological polar surface area (TPSA) is 38.3 Å². The van der Waals surface area contributed by atoms with E-state index in [4.69, 9.17) is 4.74 Å². The fourth-order valence-corrected chi connectivity index (χ4v) is 1.57. The molecule has 5 heteroatoms. The van der Waals surface area contributed by atoms with Crippen molar-refractivity contribution in [2.45, 2.75) is 26.8 Å². The van der Waals surface area contributed by atoms with E-state index in [2.05, 4.69) is 5.32 Å². The van der Waals surface area contributed by atoms with Crippen LogP contribution in [0.15, 0.2) is 18.2 Å². The monoisotopic (exact) mass is 271 g/mol. The number of hydrogen-bond donors (Lipinski definition) is 1. The van der Waals surface area contributed by atoms with Gasteiger partial charge in [-0.15, -0.1) is 0 Å². The van der Waals surface area contributed by atoms with Gasteiger partial charge in [0.15, 0.2) is 11.6 Å². The van der Waals surface area contributed by atoms with Crippen molar-refractivity contribution in [3.8, 4) is 0 Å². The van der Waals surface area contributed by atoms with Crippen LogP contribution >= 0.6 is 0 Å². The molecule has 1 unspecified atom stereocenters. The Balaban J connectivity index is 2.79. The van der Waals surface area contributed by atoms with Crippen LogP contribution in [0.1, 0.15) is 31.1 Å². The molecule has 19 heavy (non-hydrogen) atoms. The number of carbonyl (C=O) groups is 1. The van der Waals surface area contributed by atoms with Gasteiger partial charge in [-0.1, -0.05) is 19.9 Å². The molecule has 1 N–H and O–H groups in total. The maximum absolute atomic E-state index is 13.5. The van der Waals surface area contributed by atoms with Gasteiger partial charge in [-0.05, 0) is 25.0 Å². The lowest BCUT2D eigenvalue weighted by Gasteiger charge is -2.22. The van der Waals surface area contributed by atoms with Crippen LogP contribution in [0.5, 0.6) is 0 Å². The van der Waals surface area contributed by atoms with Gasteiger partial charge in [-0.25, -0.2) is 8.78 Å². The van der Waals surface area contributed by atoms with Gasteiger partial charge < -0.3 is 10.1 Å². The highest BCUT2D eigenvalue weighted by Gasteiger charge is 2.20. The first-order chi connectivity index (χ1) is 8.97. The third-order valence-corrected chi connectivity index (χ3v) is 2.82. The van der Waals surface area contributed by atoms with E-state index in [1.807, 2.05) is 20.8 Å². The normalized spacial score (nSPS) is 12.5. The van der Waals surface area contributed by atoms with Crippen molar-refractivity contribution < 1.29 is 18.3 Å². The predicted molar refractivity (Wildman–Crippen MR) is 68.9 cm³/mol. The number of ether oxygens (including phenoxy) is 1. The van der Waals surface area contributed by atoms with Crippen molar-refractivity contribution in [3.05, 3.63) is 35.4 Å². The number of amides is 1. The molecule has 0 spiro atoms. The molecule has 1 aromatic carbocycles. The standard InChI is InChI=1S/C14H19F2NO2/c1-4-19-8-12(9(2)3)17-14(18)10-6-5-7-11(15)13(10)16/h5-7,9,12H,4,8H2,1-3H3,(H,17,18). The van der Waals surface area contributed by atoms with Crippen molar-refractivity contribution in [1.82, 2.24) is 5.32 Å². The van der Waals surface area contributed by atoms with Crippen LogP contribution in [-0.2, 0) is 4.74 Å². The summed E-state index contributed by atoms with van der Waals surface area (Å²) >= 11 is 0. The Morgan fingerprint density at radius 3 is 2.63 bits per heavy atom. The molecule has 0 aliphatic carbocycles. The summed E-state index contributed by atoms with van der Waals surface area (Å²) in [6.07, 6.45) is 0. The largest absolute Gasteiger partial charge is 0.380 e. The highest BCUT2D eigenvalue weighted by Crippen LogP contribution is 2.12. The minimum absolute atomic E-state index is 0.132. The summed E-state index contributed by atoms with van der Waals surface area (Å²) in [6, 6.07) is 3.30. The first-order valence-corrected chi connectivity index (χ1v) is 6.30. The van der Waals surface area contributed by atoms with Crippen molar-refractivity contribution in [3.63, 3.8) is 0 Å². The number of rotatable bonds is 6. The summed E-state index contributed by atoms with van der Waals surface area (Å²) in [5.74, 6) is -2.65. The maximum Gasteiger partial charge on any atom is 0.254 e.